The van der Waals surface area contributed by atoms with Gasteiger partial charge in [0.2, 0.25) is 0 Å². The van der Waals surface area contributed by atoms with Gasteiger partial charge in [-0.3, -0.25) is 0 Å². The third kappa shape index (κ3) is 3.64. The number of alkyl halides is 3. The van der Waals surface area contributed by atoms with Gasteiger partial charge in [0.15, 0.2) is 0 Å². The van der Waals surface area contributed by atoms with Crippen LogP contribution in [0.2, 0.25) is 0 Å². The average molecular weight is 363 g/mol. The number of hydrogen-bond donors (Lipinski definition) is 1. The molecule has 3 rings (SSSR count). The van der Waals surface area contributed by atoms with Gasteiger partial charge in [-0.2, -0.15) is 13.2 Å². The molecule has 138 valence electrons. The molecule has 2 aromatic carbocycles. The molecule has 3 nitrogen and oxygen atoms in total. The summed E-state index contributed by atoms with van der Waals surface area (Å²) >= 11 is 0. The van der Waals surface area contributed by atoms with E-state index in [9.17, 15) is 13.2 Å². The van der Waals surface area contributed by atoms with Crippen molar-refractivity contribution in [1.29, 1.82) is 0 Å². The lowest BCUT2D eigenvalue weighted by molar-refractivity contribution is -0.137. The molecule has 0 fully saturated rings. The Morgan fingerprint density at radius 3 is 2.42 bits per heavy atom. The van der Waals surface area contributed by atoms with Crippen LogP contribution in [0.1, 0.15) is 30.0 Å². The molecule has 0 spiro atoms. The van der Waals surface area contributed by atoms with Gasteiger partial charge in [0, 0.05) is 12.1 Å². The molecule has 0 radical (unpaired) electrons. The molecule has 0 saturated carbocycles. The molecule has 2 aromatic rings. The van der Waals surface area contributed by atoms with E-state index < -0.39 is 11.7 Å². The smallest absolute Gasteiger partial charge is 0.417 e. The Hall–Kier alpha value is -2.63. The van der Waals surface area contributed by atoms with Gasteiger partial charge in [0.05, 0.1) is 25.0 Å². The second-order valence-electron chi connectivity index (χ2n) is 6.00. The van der Waals surface area contributed by atoms with E-state index in [-0.39, 0.29) is 5.56 Å². The SMILES string of the molecule is CCCOc1ccc(C(F)(F)F)c2c1NCC(c1ccc(OC)cc1)=C2. The second-order valence-corrected chi connectivity index (χ2v) is 6.00. The van der Waals surface area contributed by atoms with Crippen LogP contribution in [0, 0.1) is 0 Å². The predicted molar refractivity (Wildman–Crippen MR) is 96.6 cm³/mol. The number of methoxy groups -OCH3 is 1. The number of anilines is 1. The van der Waals surface area contributed by atoms with Crippen LogP contribution < -0.4 is 14.8 Å². The van der Waals surface area contributed by atoms with E-state index in [1.807, 2.05) is 19.1 Å². The highest BCUT2D eigenvalue weighted by atomic mass is 19.4. The minimum atomic E-state index is -4.44. The quantitative estimate of drug-likeness (QED) is 0.764. The Labute approximate surface area is 150 Å². The van der Waals surface area contributed by atoms with Crippen LogP contribution in [0.4, 0.5) is 18.9 Å². The number of hydrogen-bond acceptors (Lipinski definition) is 3. The summed E-state index contributed by atoms with van der Waals surface area (Å²) in [6, 6.07) is 9.72. The monoisotopic (exact) mass is 363 g/mol. The summed E-state index contributed by atoms with van der Waals surface area (Å²) in [7, 11) is 1.57. The summed E-state index contributed by atoms with van der Waals surface area (Å²) in [5, 5.41) is 3.11. The number of nitrogens with one attached hydrogen (secondary N) is 1. The third-order valence-corrected chi connectivity index (χ3v) is 4.21. The van der Waals surface area contributed by atoms with E-state index in [0.29, 0.717) is 30.3 Å². The standard InChI is InChI=1S/C20H20F3NO2/c1-3-10-26-18-9-8-17(20(21,22)23)16-11-14(12-24-19(16)18)13-4-6-15(25-2)7-5-13/h4-9,11,24H,3,10,12H2,1-2H3. The fourth-order valence-corrected chi connectivity index (χ4v) is 2.91. The van der Waals surface area contributed by atoms with Gasteiger partial charge in [0.25, 0.3) is 0 Å². The molecular weight excluding hydrogens is 343 g/mol. The van der Waals surface area contributed by atoms with Crippen LogP contribution in [0.3, 0.4) is 0 Å². The first-order valence-corrected chi connectivity index (χ1v) is 8.40. The molecule has 0 bridgehead atoms. The van der Waals surface area contributed by atoms with Crippen molar-refractivity contribution in [2.24, 2.45) is 0 Å². The molecule has 1 N–H and O–H groups in total. The highest BCUT2D eigenvalue weighted by molar-refractivity contribution is 5.93. The number of ether oxygens (including phenoxy) is 2. The fraction of sp³-hybridized carbons (Fsp3) is 0.300. The van der Waals surface area contributed by atoms with Crippen LogP contribution in [0.5, 0.6) is 11.5 Å². The Bertz CT molecular complexity index is 811. The van der Waals surface area contributed by atoms with Gasteiger partial charge < -0.3 is 14.8 Å². The van der Waals surface area contributed by atoms with Gasteiger partial charge in [-0.25, -0.2) is 0 Å². The molecule has 1 aliphatic heterocycles. The number of fused-ring (bicyclic) bond motifs is 1. The summed E-state index contributed by atoms with van der Waals surface area (Å²) in [6.45, 7) is 2.82. The minimum Gasteiger partial charge on any atom is -0.497 e. The molecule has 1 aliphatic rings. The maximum Gasteiger partial charge on any atom is 0.417 e. The van der Waals surface area contributed by atoms with Crippen molar-refractivity contribution in [2.75, 3.05) is 25.6 Å². The third-order valence-electron chi connectivity index (χ3n) is 4.21. The van der Waals surface area contributed by atoms with Crippen LogP contribution in [-0.2, 0) is 6.18 Å². The molecule has 0 atom stereocenters. The molecule has 0 amide bonds. The first kappa shape index (κ1) is 18.2. The zero-order valence-corrected chi connectivity index (χ0v) is 14.6. The fourth-order valence-electron chi connectivity index (χ4n) is 2.91. The largest absolute Gasteiger partial charge is 0.497 e. The molecule has 26 heavy (non-hydrogen) atoms. The van der Waals surface area contributed by atoms with Crippen LogP contribution in [0.15, 0.2) is 36.4 Å². The van der Waals surface area contributed by atoms with Crippen LogP contribution >= 0.6 is 0 Å². The summed E-state index contributed by atoms with van der Waals surface area (Å²) in [4.78, 5) is 0. The predicted octanol–water partition coefficient (Wildman–Crippen LogP) is 5.47. The normalized spacial score (nSPS) is 13.5. The Morgan fingerprint density at radius 1 is 1.08 bits per heavy atom. The summed E-state index contributed by atoms with van der Waals surface area (Å²) in [5.41, 5.74) is 1.46. The molecule has 0 aliphatic carbocycles. The first-order valence-electron chi connectivity index (χ1n) is 8.40. The van der Waals surface area contributed by atoms with Gasteiger partial charge in [-0.15, -0.1) is 0 Å². The minimum absolute atomic E-state index is 0.114. The lowest BCUT2D eigenvalue weighted by Crippen LogP contribution is -2.16. The van der Waals surface area contributed by atoms with Gasteiger partial charge in [-0.1, -0.05) is 19.1 Å². The Kier molecular flexibility index (Phi) is 5.11. The average Bonchev–Trinajstić information content (AvgIpc) is 2.64. The Balaban J connectivity index is 2.07. The van der Waals surface area contributed by atoms with E-state index in [4.69, 9.17) is 9.47 Å². The van der Waals surface area contributed by atoms with Gasteiger partial charge in [0.1, 0.15) is 11.5 Å². The van der Waals surface area contributed by atoms with Crippen molar-refractivity contribution < 1.29 is 22.6 Å². The van der Waals surface area contributed by atoms with Crippen molar-refractivity contribution in [3.05, 3.63) is 53.1 Å². The maximum atomic E-state index is 13.5. The lowest BCUT2D eigenvalue weighted by atomic mass is 9.94. The maximum absolute atomic E-state index is 13.5. The number of halogens is 3. The molecule has 1 heterocycles. The molecule has 0 unspecified atom stereocenters. The molecule has 0 aromatic heterocycles. The summed E-state index contributed by atoms with van der Waals surface area (Å²) < 4.78 is 51.2. The molecular formula is C20H20F3NO2. The zero-order chi connectivity index (χ0) is 18.7. The van der Waals surface area contributed by atoms with Crippen molar-refractivity contribution >= 4 is 17.3 Å². The highest BCUT2D eigenvalue weighted by Crippen LogP contribution is 2.43. The summed E-state index contributed by atoms with van der Waals surface area (Å²) in [6.07, 6.45) is -2.06. The van der Waals surface area contributed by atoms with Crippen LogP contribution in [-0.4, -0.2) is 20.3 Å². The van der Waals surface area contributed by atoms with E-state index in [0.717, 1.165) is 23.6 Å². The van der Waals surface area contributed by atoms with Crippen molar-refractivity contribution in [2.45, 2.75) is 19.5 Å². The van der Waals surface area contributed by atoms with E-state index in [1.165, 1.54) is 6.07 Å². The second kappa shape index (κ2) is 7.32. The van der Waals surface area contributed by atoms with Crippen molar-refractivity contribution in [1.82, 2.24) is 0 Å². The van der Waals surface area contributed by atoms with Crippen LogP contribution in [0.25, 0.3) is 11.6 Å². The zero-order valence-electron chi connectivity index (χ0n) is 14.6. The highest BCUT2D eigenvalue weighted by Gasteiger charge is 2.35. The van der Waals surface area contributed by atoms with E-state index in [1.54, 1.807) is 25.3 Å². The lowest BCUT2D eigenvalue weighted by Gasteiger charge is -2.25. The topological polar surface area (TPSA) is 30.5 Å². The molecule has 0 saturated heterocycles. The summed E-state index contributed by atoms with van der Waals surface area (Å²) in [5.74, 6) is 1.14. The first-order chi connectivity index (χ1) is 12.4. The van der Waals surface area contributed by atoms with E-state index >= 15 is 0 Å². The van der Waals surface area contributed by atoms with Gasteiger partial charge in [-0.05, 0) is 47.9 Å². The van der Waals surface area contributed by atoms with Crippen molar-refractivity contribution in [3.63, 3.8) is 0 Å². The molecule has 6 heteroatoms. The van der Waals surface area contributed by atoms with Gasteiger partial charge >= 0.3 is 6.18 Å². The van der Waals surface area contributed by atoms with E-state index in [2.05, 4.69) is 5.32 Å². The number of rotatable bonds is 5. The Morgan fingerprint density at radius 2 is 1.81 bits per heavy atom. The number of benzene rings is 2. The van der Waals surface area contributed by atoms with Crippen molar-refractivity contribution in [3.8, 4) is 11.5 Å².